The van der Waals surface area contributed by atoms with Crippen LogP contribution >= 0.6 is 0 Å². The molecule has 1 N–H and O–H groups in total. The van der Waals surface area contributed by atoms with Crippen molar-refractivity contribution in [3.05, 3.63) is 126 Å². The van der Waals surface area contributed by atoms with Crippen LogP contribution in [0.15, 0.2) is 103 Å². The van der Waals surface area contributed by atoms with Gasteiger partial charge in [0.25, 0.3) is 0 Å². The van der Waals surface area contributed by atoms with E-state index in [0.717, 1.165) is 61.1 Å². The molecule has 0 fully saturated rings. The number of hydrogen-bond acceptors (Lipinski definition) is 5. The third-order valence-corrected chi connectivity index (χ3v) is 10.0. The number of phenols is 1. The summed E-state index contributed by atoms with van der Waals surface area (Å²) >= 11 is 0. The molecule has 1 aliphatic rings. The molecule has 0 atom stereocenters. The van der Waals surface area contributed by atoms with Crippen LogP contribution in [0.2, 0.25) is 0 Å². The normalized spacial score (nSPS) is 13.7. The number of hydrogen-bond donors (Lipinski definition) is 1. The van der Waals surface area contributed by atoms with E-state index in [0.29, 0.717) is 5.52 Å². The summed E-state index contributed by atoms with van der Waals surface area (Å²) in [4.78, 5) is 14.4. The predicted octanol–water partition coefficient (Wildman–Crippen LogP) is 10.6. The van der Waals surface area contributed by atoms with Crippen molar-refractivity contribution in [3.8, 4) is 16.9 Å². The largest absolute Gasteiger partial charge is 0.506 e. The van der Waals surface area contributed by atoms with Gasteiger partial charge in [0.1, 0.15) is 17.1 Å². The van der Waals surface area contributed by atoms with Gasteiger partial charge in [0.2, 0.25) is 0 Å². The Morgan fingerprint density at radius 2 is 1.55 bits per heavy atom. The van der Waals surface area contributed by atoms with Gasteiger partial charge in [-0.15, -0.1) is 22.9 Å². The Hall–Kier alpha value is -4.73. The van der Waals surface area contributed by atoms with Crippen LogP contribution in [0.5, 0.6) is 5.75 Å². The van der Waals surface area contributed by atoms with Crippen LogP contribution in [0.3, 0.4) is 0 Å². The van der Waals surface area contributed by atoms with Gasteiger partial charge in [0.15, 0.2) is 0 Å². The average Bonchev–Trinajstić information content (AvgIpc) is 3.07. The maximum absolute atomic E-state index is 11.2. The maximum Gasteiger partial charge on any atom is 0.140 e. The summed E-state index contributed by atoms with van der Waals surface area (Å²) in [7, 11) is 4.14. The van der Waals surface area contributed by atoms with Gasteiger partial charge in [-0.1, -0.05) is 94.8 Å². The van der Waals surface area contributed by atoms with Gasteiger partial charge in [-0.25, -0.2) is 4.98 Å². The van der Waals surface area contributed by atoms with Gasteiger partial charge in [-0.2, -0.15) is 0 Å². The molecule has 0 saturated carbocycles. The molecule has 49 heavy (non-hydrogen) atoms. The molecule has 5 nitrogen and oxygen atoms in total. The molecule has 1 aliphatic heterocycles. The number of aromatic hydroxyl groups is 1. The molecule has 3 heterocycles. The zero-order chi connectivity index (χ0) is 33.5. The minimum absolute atomic E-state index is 0. The van der Waals surface area contributed by atoms with E-state index >= 15 is 0 Å². The van der Waals surface area contributed by atoms with Crippen LogP contribution in [0.1, 0.15) is 51.3 Å². The van der Waals surface area contributed by atoms with Crippen molar-refractivity contribution in [1.82, 2.24) is 9.97 Å². The van der Waals surface area contributed by atoms with Crippen LogP contribution in [0, 0.1) is 6.07 Å². The van der Waals surface area contributed by atoms with Gasteiger partial charge in [0.05, 0.1) is 5.69 Å². The smallest absolute Gasteiger partial charge is 0.140 e. The molecule has 0 radical (unpaired) electrons. The Bertz CT molecular complexity index is 2390. The van der Waals surface area contributed by atoms with Crippen molar-refractivity contribution in [2.45, 2.75) is 45.4 Å². The number of pyridine rings is 2. The average molecular weight is 823 g/mol. The summed E-state index contributed by atoms with van der Waals surface area (Å²) in [6, 6.07) is 37.8. The first-order valence-corrected chi connectivity index (χ1v) is 16.5. The second kappa shape index (κ2) is 11.7. The quantitative estimate of drug-likeness (QED) is 0.109. The molecule has 0 amide bonds. The zero-order valence-electron chi connectivity index (χ0n) is 28.9. The van der Waals surface area contributed by atoms with Crippen LogP contribution in [-0.2, 0) is 31.9 Å². The Morgan fingerprint density at radius 1 is 0.796 bits per heavy atom. The number of nitrogens with zero attached hydrogens (tertiary/aromatic N) is 4. The number of benzene rings is 5. The molecule has 2 aromatic heterocycles. The van der Waals surface area contributed by atoms with E-state index in [1.807, 2.05) is 24.4 Å². The SMILES string of the molecule is CN(C)c1ccc2c(c1)N(c1ccccn1)c1[c-]c3c(ccc4cc5c(-c6ccc(C(C)(C)C)cc6)ccc(O)c5nc43)cc1C2(C)C.[Pt]. The van der Waals surface area contributed by atoms with Gasteiger partial charge in [0, 0.05) is 52.4 Å². The van der Waals surface area contributed by atoms with E-state index in [1.54, 1.807) is 6.07 Å². The van der Waals surface area contributed by atoms with E-state index in [-0.39, 0.29) is 37.6 Å². The Kier molecular flexibility index (Phi) is 7.83. The van der Waals surface area contributed by atoms with Crippen molar-refractivity contribution < 1.29 is 26.2 Å². The Morgan fingerprint density at radius 3 is 2.24 bits per heavy atom. The van der Waals surface area contributed by atoms with Gasteiger partial charge >= 0.3 is 0 Å². The topological polar surface area (TPSA) is 52.5 Å². The summed E-state index contributed by atoms with van der Waals surface area (Å²) < 4.78 is 0. The van der Waals surface area contributed by atoms with Crippen molar-refractivity contribution in [3.63, 3.8) is 0 Å². The zero-order valence-corrected chi connectivity index (χ0v) is 31.1. The first-order chi connectivity index (χ1) is 22.9. The molecular formula is C43H39N4OPt-. The fraction of sp³-hybridized carbons (Fsp3) is 0.209. The minimum Gasteiger partial charge on any atom is -0.506 e. The molecule has 0 aliphatic carbocycles. The molecule has 8 rings (SSSR count). The number of phenolic OH excluding ortho intramolecular Hbond substituents is 1. The van der Waals surface area contributed by atoms with E-state index in [4.69, 9.17) is 9.97 Å². The van der Waals surface area contributed by atoms with Gasteiger partial charge in [-0.05, 0) is 86.1 Å². The first-order valence-electron chi connectivity index (χ1n) is 16.5. The van der Waals surface area contributed by atoms with Crippen LogP contribution in [-0.4, -0.2) is 29.2 Å². The van der Waals surface area contributed by atoms with E-state index in [2.05, 4.69) is 137 Å². The Balaban J connectivity index is 0.00000378. The molecule has 0 unspecified atom stereocenters. The molecule has 0 saturated heterocycles. The molecule has 0 spiro atoms. The standard InChI is InChI=1S/C43H39N4O.Pt/c1-42(2,3)29-15-13-26(14-16-29)31-18-20-38(48)41-33(31)22-28-12-11-27-23-35-37(25-32(27)40(28)45-41)47(39-10-8-9-21-44-39)36-24-30(46(6)7)17-19-34(36)43(35,4)5;/h8-24,48H,1-7H3;/q-1;. The van der Waals surface area contributed by atoms with Crippen molar-refractivity contribution in [1.29, 1.82) is 0 Å². The van der Waals surface area contributed by atoms with Crippen LogP contribution < -0.4 is 9.80 Å². The predicted molar refractivity (Wildman–Crippen MR) is 200 cm³/mol. The second-order valence-electron chi connectivity index (χ2n) is 14.7. The minimum atomic E-state index is -0.285. The molecular weight excluding hydrogens is 784 g/mol. The van der Waals surface area contributed by atoms with Crippen LogP contribution in [0.4, 0.5) is 22.9 Å². The number of rotatable bonds is 3. The summed E-state index contributed by atoms with van der Waals surface area (Å²) in [6.45, 7) is 11.3. The molecule has 248 valence electrons. The summed E-state index contributed by atoms with van der Waals surface area (Å²) in [5.41, 5.74) is 10.2. The fourth-order valence-corrected chi connectivity index (χ4v) is 7.20. The summed E-state index contributed by atoms with van der Waals surface area (Å²) in [5, 5.41) is 15.1. The summed E-state index contributed by atoms with van der Waals surface area (Å²) in [5.74, 6) is 0.999. The second-order valence-corrected chi connectivity index (χ2v) is 14.7. The Labute approximate surface area is 302 Å². The third-order valence-electron chi connectivity index (χ3n) is 10.0. The number of aromatic nitrogens is 2. The number of fused-ring (bicyclic) bond motifs is 6. The van der Waals surface area contributed by atoms with Gasteiger partial charge < -0.3 is 14.9 Å². The van der Waals surface area contributed by atoms with E-state index in [9.17, 15) is 5.11 Å². The molecule has 0 bridgehead atoms. The number of anilines is 4. The van der Waals surface area contributed by atoms with Gasteiger partial charge in [-0.3, -0.25) is 4.98 Å². The van der Waals surface area contributed by atoms with Crippen LogP contribution in [0.25, 0.3) is 43.7 Å². The molecule has 6 heteroatoms. The van der Waals surface area contributed by atoms with E-state index < -0.39 is 0 Å². The van der Waals surface area contributed by atoms with Crippen molar-refractivity contribution in [2.24, 2.45) is 0 Å². The first kappa shape index (κ1) is 32.8. The monoisotopic (exact) mass is 822 g/mol. The molecule has 7 aromatic rings. The third kappa shape index (κ3) is 5.27. The maximum atomic E-state index is 11.2. The van der Waals surface area contributed by atoms with Crippen molar-refractivity contribution in [2.75, 3.05) is 23.9 Å². The van der Waals surface area contributed by atoms with E-state index in [1.165, 1.54) is 16.7 Å². The fourth-order valence-electron chi connectivity index (χ4n) is 7.20. The molecule has 5 aromatic carbocycles. The summed E-state index contributed by atoms with van der Waals surface area (Å²) in [6.07, 6.45) is 1.84. The van der Waals surface area contributed by atoms with Crippen molar-refractivity contribution >= 4 is 55.5 Å².